The number of nitrogens with zero attached hydrogens (tertiary/aromatic N) is 1. The second-order valence-corrected chi connectivity index (χ2v) is 8.34. The number of benzene rings is 2. The lowest BCUT2D eigenvalue weighted by Gasteiger charge is -2.35. The molecule has 3 unspecified atom stereocenters. The second-order valence-electron chi connectivity index (χ2n) is 8.34. The first-order valence-electron chi connectivity index (χ1n) is 10.7. The number of halogens is 1. The minimum atomic E-state index is -0.521. The summed E-state index contributed by atoms with van der Waals surface area (Å²) in [6.45, 7) is 0.462. The van der Waals surface area contributed by atoms with Gasteiger partial charge in [-0.25, -0.2) is 4.39 Å². The van der Waals surface area contributed by atoms with Gasteiger partial charge in [-0.3, -0.25) is 9.59 Å². The van der Waals surface area contributed by atoms with Gasteiger partial charge in [0.25, 0.3) is 5.91 Å². The lowest BCUT2D eigenvalue weighted by molar-refractivity contribution is -0.135. The molecule has 3 aliphatic rings. The van der Waals surface area contributed by atoms with E-state index in [0.717, 1.165) is 36.8 Å². The predicted molar refractivity (Wildman–Crippen MR) is 110 cm³/mol. The first kappa shape index (κ1) is 19.0. The van der Waals surface area contributed by atoms with Crippen molar-refractivity contribution in [2.24, 2.45) is 5.92 Å². The minimum absolute atomic E-state index is 0.0332. The molecular weight excluding hydrogens is 381 g/mol. The smallest absolute Gasteiger partial charge is 0.290 e. The van der Waals surface area contributed by atoms with Crippen LogP contribution in [0.3, 0.4) is 0 Å². The Morgan fingerprint density at radius 3 is 2.47 bits per heavy atom. The number of fused-ring (bicyclic) bond motifs is 1. The Hall–Kier alpha value is -2.95. The van der Waals surface area contributed by atoms with Gasteiger partial charge in [0.05, 0.1) is 17.5 Å². The van der Waals surface area contributed by atoms with Gasteiger partial charge in [0, 0.05) is 6.54 Å². The van der Waals surface area contributed by atoms with Crippen LogP contribution in [0.25, 0.3) is 0 Å². The SMILES string of the molecule is O=C1C2=C(OC3CCCCC13)C(=O)N(CCc1ccccc1)C2c1ccc(F)cc1. The Morgan fingerprint density at radius 2 is 1.70 bits per heavy atom. The van der Waals surface area contributed by atoms with E-state index >= 15 is 0 Å². The maximum absolute atomic E-state index is 13.6. The highest BCUT2D eigenvalue weighted by atomic mass is 19.1. The Balaban J connectivity index is 1.52. The zero-order valence-electron chi connectivity index (χ0n) is 16.7. The van der Waals surface area contributed by atoms with E-state index < -0.39 is 6.04 Å². The minimum Gasteiger partial charge on any atom is -0.483 e. The summed E-state index contributed by atoms with van der Waals surface area (Å²) < 4.78 is 19.7. The van der Waals surface area contributed by atoms with Crippen LogP contribution in [0.5, 0.6) is 0 Å². The van der Waals surface area contributed by atoms with Crippen LogP contribution in [-0.2, 0) is 20.7 Å². The number of rotatable bonds is 4. The van der Waals surface area contributed by atoms with Gasteiger partial charge in [0.2, 0.25) is 0 Å². The van der Waals surface area contributed by atoms with Gasteiger partial charge in [0.1, 0.15) is 11.9 Å². The first-order chi connectivity index (χ1) is 14.6. The van der Waals surface area contributed by atoms with Crippen molar-refractivity contribution in [3.05, 3.63) is 82.9 Å². The zero-order valence-corrected chi connectivity index (χ0v) is 16.7. The van der Waals surface area contributed by atoms with Gasteiger partial charge < -0.3 is 9.64 Å². The number of carbonyl (C=O) groups is 2. The Kier molecular flexibility index (Phi) is 4.89. The summed E-state index contributed by atoms with van der Waals surface area (Å²) in [6.07, 6.45) is 4.11. The van der Waals surface area contributed by atoms with Crippen molar-refractivity contribution in [3.63, 3.8) is 0 Å². The first-order valence-corrected chi connectivity index (χ1v) is 10.7. The molecule has 154 valence electrons. The van der Waals surface area contributed by atoms with Crippen LogP contribution >= 0.6 is 0 Å². The van der Waals surface area contributed by atoms with E-state index in [1.165, 1.54) is 12.1 Å². The van der Waals surface area contributed by atoms with Crippen molar-refractivity contribution in [1.82, 2.24) is 4.90 Å². The maximum Gasteiger partial charge on any atom is 0.290 e. The fourth-order valence-electron chi connectivity index (χ4n) is 5.01. The summed E-state index contributed by atoms with van der Waals surface area (Å²) >= 11 is 0. The average molecular weight is 405 g/mol. The van der Waals surface area contributed by atoms with Crippen molar-refractivity contribution in [2.75, 3.05) is 6.54 Å². The molecule has 1 amide bonds. The van der Waals surface area contributed by atoms with Crippen LogP contribution in [0.4, 0.5) is 4.39 Å². The van der Waals surface area contributed by atoms with E-state index in [0.29, 0.717) is 18.5 Å². The quantitative estimate of drug-likeness (QED) is 0.759. The van der Waals surface area contributed by atoms with E-state index in [9.17, 15) is 14.0 Å². The molecule has 2 aromatic rings. The summed E-state index contributed by atoms with van der Waals surface area (Å²) in [5.41, 5.74) is 2.32. The highest BCUT2D eigenvalue weighted by molar-refractivity contribution is 6.11. The maximum atomic E-state index is 13.6. The third-order valence-corrected chi connectivity index (χ3v) is 6.53. The lowest BCUT2D eigenvalue weighted by Crippen LogP contribution is -2.39. The highest BCUT2D eigenvalue weighted by Crippen LogP contribution is 2.46. The van der Waals surface area contributed by atoms with Crippen LogP contribution in [0.1, 0.15) is 42.9 Å². The molecule has 0 N–H and O–H groups in total. The third-order valence-electron chi connectivity index (χ3n) is 6.53. The number of ether oxygens (including phenoxy) is 1. The molecule has 30 heavy (non-hydrogen) atoms. The molecule has 1 saturated carbocycles. The van der Waals surface area contributed by atoms with E-state index in [1.807, 2.05) is 30.3 Å². The molecule has 0 bridgehead atoms. The molecule has 0 spiro atoms. The molecule has 2 aliphatic heterocycles. The molecule has 0 radical (unpaired) electrons. The molecule has 4 nitrogen and oxygen atoms in total. The fourth-order valence-corrected chi connectivity index (χ4v) is 5.01. The van der Waals surface area contributed by atoms with Crippen LogP contribution in [0, 0.1) is 11.7 Å². The molecule has 5 rings (SSSR count). The topological polar surface area (TPSA) is 46.6 Å². The van der Waals surface area contributed by atoms with Gasteiger partial charge >= 0.3 is 0 Å². The van der Waals surface area contributed by atoms with Crippen molar-refractivity contribution in [1.29, 1.82) is 0 Å². The lowest BCUT2D eigenvalue weighted by atomic mass is 9.77. The fraction of sp³-hybridized carbons (Fsp3) is 0.360. The van der Waals surface area contributed by atoms with Gasteiger partial charge in [-0.15, -0.1) is 0 Å². The standard InChI is InChI=1S/C25H24FNO3/c26-18-12-10-17(11-13-18)22-21-23(28)19-8-4-5-9-20(19)30-24(21)25(29)27(22)15-14-16-6-2-1-3-7-16/h1-3,6-7,10-13,19-20,22H,4-5,8-9,14-15H2. The molecule has 5 heteroatoms. The Bertz CT molecular complexity index is 999. The molecular formula is C25H24FNO3. The number of carbonyl (C=O) groups excluding carboxylic acids is 2. The van der Waals surface area contributed by atoms with E-state index in [1.54, 1.807) is 17.0 Å². The molecule has 2 aromatic carbocycles. The van der Waals surface area contributed by atoms with Gasteiger partial charge in [-0.2, -0.15) is 0 Å². The van der Waals surface area contributed by atoms with Crippen molar-refractivity contribution >= 4 is 11.7 Å². The highest BCUT2D eigenvalue weighted by Gasteiger charge is 2.51. The molecule has 2 heterocycles. The average Bonchev–Trinajstić information content (AvgIpc) is 3.06. The van der Waals surface area contributed by atoms with Crippen LogP contribution in [0.15, 0.2) is 65.9 Å². The summed E-state index contributed by atoms with van der Waals surface area (Å²) in [5.74, 6) is -0.502. The monoisotopic (exact) mass is 405 g/mol. The van der Waals surface area contributed by atoms with E-state index in [2.05, 4.69) is 0 Å². The summed E-state index contributed by atoms with van der Waals surface area (Å²) in [6, 6.07) is 15.5. The largest absolute Gasteiger partial charge is 0.483 e. The van der Waals surface area contributed by atoms with Crippen molar-refractivity contribution in [2.45, 2.75) is 44.2 Å². The number of hydrogen-bond donors (Lipinski definition) is 0. The zero-order chi connectivity index (χ0) is 20.7. The molecule has 1 fully saturated rings. The van der Waals surface area contributed by atoms with E-state index in [4.69, 9.17) is 4.74 Å². The third kappa shape index (κ3) is 3.22. The number of ketones is 1. The predicted octanol–water partition coefficient (Wildman–Crippen LogP) is 4.36. The van der Waals surface area contributed by atoms with Crippen LogP contribution < -0.4 is 0 Å². The molecule has 0 saturated heterocycles. The normalized spacial score (nSPS) is 25.8. The Labute approximate surface area is 175 Å². The van der Waals surface area contributed by atoms with Crippen LogP contribution in [-0.4, -0.2) is 29.2 Å². The second kappa shape index (κ2) is 7.71. The summed E-state index contributed by atoms with van der Waals surface area (Å²) in [4.78, 5) is 28.5. The molecule has 0 aromatic heterocycles. The van der Waals surface area contributed by atoms with Crippen molar-refractivity contribution < 1.29 is 18.7 Å². The molecule has 1 aliphatic carbocycles. The molecule has 3 atom stereocenters. The summed E-state index contributed by atoms with van der Waals surface area (Å²) in [7, 11) is 0. The number of hydrogen-bond acceptors (Lipinski definition) is 3. The number of Topliss-reactive ketones (excluding diaryl/α,β-unsaturated/α-hetero) is 1. The van der Waals surface area contributed by atoms with Crippen LogP contribution in [0.2, 0.25) is 0 Å². The van der Waals surface area contributed by atoms with E-state index in [-0.39, 0.29) is 35.3 Å². The van der Waals surface area contributed by atoms with Gasteiger partial charge in [-0.05, 0) is 48.9 Å². The Morgan fingerprint density at radius 1 is 0.967 bits per heavy atom. The summed E-state index contributed by atoms with van der Waals surface area (Å²) in [5, 5.41) is 0. The van der Waals surface area contributed by atoms with Crippen molar-refractivity contribution in [3.8, 4) is 0 Å². The number of amides is 1. The van der Waals surface area contributed by atoms with Gasteiger partial charge in [0.15, 0.2) is 11.5 Å². The van der Waals surface area contributed by atoms with Gasteiger partial charge in [-0.1, -0.05) is 48.9 Å².